The Morgan fingerprint density at radius 2 is 2.23 bits per heavy atom. The van der Waals surface area contributed by atoms with Gasteiger partial charge in [0.1, 0.15) is 6.10 Å². The van der Waals surface area contributed by atoms with E-state index in [9.17, 15) is 5.11 Å². The standard InChI is InChI=1S/C10H18O3/c1-7(2)10(11)5-4-8(3)9(6-10)13-12/h4,7,9,11-12H,5-6H2,1-3H3/t9-,10+/m1/s1. The maximum absolute atomic E-state index is 10.1. The Labute approximate surface area is 79.0 Å². The highest BCUT2D eigenvalue weighted by molar-refractivity contribution is 5.14. The zero-order chi connectivity index (χ0) is 10.1. The summed E-state index contributed by atoms with van der Waals surface area (Å²) in [6.07, 6.45) is 2.71. The third-order valence-corrected chi connectivity index (χ3v) is 3.03. The predicted molar refractivity (Wildman–Crippen MR) is 50.3 cm³/mol. The summed E-state index contributed by atoms with van der Waals surface area (Å²) in [7, 11) is 0. The lowest BCUT2D eigenvalue weighted by molar-refractivity contribution is -0.280. The molecule has 1 aliphatic rings. The van der Waals surface area contributed by atoms with E-state index in [0.717, 1.165) is 5.57 Å². The summed E-state index contributed by atoms with van der Waals surface area (Å²) < 4.78 is 0. The molecule has 0 amide bonds. The van der Waals surface area contributed by atoms with Crippen LogP contribution >= 0.6 is 0 Å². The van der Waals surface area contributed by atoms with E-state index >= 15 is 0 Å². The molecule has 0 radical (unpaired) electrons. The van der Waals surface area contributed by atoms with Crippen molar-refractivity contribution < 1.29 is 15.3 Å². The van der Waals surface area contributed by atoms with Crippen molar-refractivity contribution in [1.82, 2.24) is 0 Å². The van der Waals surface area contributed by atoms with Gasteiger partial charge < -0.3 is 5.11 Å². The van der Waals surface area contributed by atoms with Crippen molar-refractivity contribution in [3.05, 3.63) is 11.6 Å². The monoisotopic (exact) mass is 186 g/mol. The molecule has 0 aromatic carbocycles. The average molecular weight is 186 g/mol. The van der Waals surface area contributed by atoms with Crippen molar-refractivity contribution in [1.29, 1.82) is 0 Å². The van der Waals surface area contributed by atoms with E-state index in [0.29, 0.717) is 12.8 Å². The SMILES string of the molecule is CC1=CC[C@@](O)(C(C)C)C[C@H]1OO. The van der Waals surface area contributed by atoms with Gasteiger partial charge in [0.2, 0.25) is 0 Å². The Morgan fingerprint density at radius 3 is 2.69 bits per heavy atom. The number of hydrogen-bond donors (Lipinski definition) is 2. The second-order valence-corrected chi connectivity index (χ2v) is 4.21. The van der Waals surface area contributed by atoms with E-state index in [-0.39, 0.29) is 12.0 Å². The molecule has 0 spiro atoms. The molecule has 3 heteroatoms. The smallest absolute Gasteiger partial charge is 0.116 e. The van der Waals surface area contributed by atoms with E-state index in [4.69, 9.17) is 5.26 Å². The quantitative estimate of drug-likeness (QED) is 0.394. The van der Waals surface area contributed by atoms with Gasteiger partial charge in [-0.25, -0.2) is 4.89 Å². The third-order valence-electron chi connectivity index (χ3n) is 3.03. The number of rotatable bonds is 2. The van der Waals surface area contributed by atoms with Crippen molar-refractivity contribution in [2.24, 2.45) is 5.92 Å². The highest BCUT2D eigenvalue weighted by Crippen LogP contribution is 2.34. The van der Waals surface area contributed by atoms with Gasteiger partial charge in [-0.05, 0) is 24.8 Å². The van der Waals surface area contributed by atoms with Crippen molar-refractivity contribution in [3.8, 4) is 0 Å². The Kier molecular flexibility index (Phi) is 3.11. The van der Waals surface area contributed by atoms with Crippen LogP contribution < -0.4 is 0 Å². The maximum Gasteiger partial charge on any atom is 0.116 e. The summed E-state index contributed by atoms with van der Waals surface area (Å²) in [4.78, 5) is 4.32. The van der Waals surface area contributed by atoms with Crippen LogP contribution in [0.25, 0.3) is 0 Å². The molecule has 2 N–H and O–H groups in total. The summed E-state index contributed by atoms with van der Waals surface area (Å²) in [6, 6.07) is 0. The number of hydrogen-bond acceptors (Lipinski definition) is 3. The summed E-state index contributed by atoms with van der Waals surface area (Å²) in [6.45, 7) is 5.85. The second kappa shape index (κ2) is 3.78. The van der Waals surface area contributed by atoms with Gasteiger partial charge >= 0.3 is 0 Å². The first kappa shape index (κ1) is 10.7. The number of aliphatic hydroxyl groups is 1. The molecule has 0 unspecified atom stereocenters. The van der Waals surface area contributed by atoms with Crippen molar-refractivity contribution >= 4 is 0 Å². The molecule has 0 fully saturated rings. The van der Waals surface area contributed by atoms with Crippen LogP contribution in [0.5, 0.6) is 0 Å². The van der Waals surface area contributed by atoms with Crippen LogP contribution in [0.3, 0.4) is 0 Å². The zero-order valence-corrected chi connectivity index (χ0v) is 8.45. The molecule has 3 nitrogen and oxygen atoms in total. The van der Waals surface area contributed by atoms with Crippen LogP contribution in [0, 0.1) is 5.92 Å². The molecule has 0 saturated carbocycles. The summed E-state index contributed by atoms with van der Waals surface area (Å²) in [5.41, 5.74) is 0.264. The van der Waals surface area contributed by atoms with Crippen LogP contribution in [-0.4, -0.2) is 22.1 Å². The van der Waals surface area contributed by atoms with Gasteiger partial charge in [0.25, 0.3) is 0 Å². The molecule has 2 atom stereocenters. The minimum atomic E-state index is -0.729. The zero-order valence-electron chi connectivity index (χ0n) is 8.45. The molecule has 1 aliphatic carbocycles. The van der Waals surface area contributed by atoms with Gasteiger partial charge in [0, 0.05) is 6.42 Å². The van der Waals surface area contributed by atoms with Gasteiger partial charge in [-0.3, -0.25) is 5.26 Å². The fourth-order valence-electron chi connectivity index (χ4n) is 1.63. The van der Waals surface area contributed by atoms with Crippen LogP contribution in [0.15, 0.2) is 11.6 Å². The van der Waals surface area contributed by atoms with Crippen LogP contribution in [0.2, 0.25) is 0 Å². The summed E-state index contributed by atoms with van der Waals surface area (Å²) >= 11 is 0. The second-order valence-electron chi connectivity index (χ2n) is 4.21. The lowest BCUT2D eigenvalue weighted by Gasteiger charge is -2.37. The third kappa shape index (κ3) is 2.10. The van der Waals surface area contributed by atoms with Crippen molar-refractivity contribution in [2.75, 3.05) is 0 Å². The normalized spacial score (nSPS) is 34.9. The van der Waals surface area contributed by atoms with E-state index in [1.54, 1.807) is 0 Å². The molecule has 13 heavy (non-hydrogen) atoms. The van der Waals surface area contributed by atoms with Crippen molar-refractivity contribution in [3.63, 3.8) is 0 Å². The topological polar surface area (TPSA) is 49.7 Å². The maximum atomic E-state index is 10.1. The van der Waals surface area contributed by atoms with Gasteiger partial charge in [-0.15, -0.1) is 0 Å². The minimum Gasteiger partial charge on any atom is -0.389 e. The Hall–Kier alpha value is -0.380. The summed E-state index contributed by atoms with van der Waals surface area (Å²) in [5.74, 6) is 0.175. The molecule has 0 bridgehead atoms. The lowest BCUT2D eigenvalue weighted by atomic mass is 9.77. The van der Waals surface area contributed by atoms with E-state index < -0.39 is 5.60 Å². The molecular formula is C10H18O3. The van der Waals surface area contributed by atoms with Crippen LogP contribution in [-0.2, 0) is 4.89 Å². The van der Waals surface area contributed by atoms with Gasteiger partial charge in [0.05, 0.1) is 5.60 Å². The van der Waals surface area contributed by atoms with E-state index in [1.807, 2.05) is 26.8 Å². The Bertz CT molecular complexity index is 210. The first-order chi connectivity index (χ1) is 5.99. The fourth-order valence-corrected chi connectivity index (χ4v) is 1.63. The Morgan fingerprint density at radius 1 is 1.62 bits per heavy atom. The van der Waals surface area contributed by atoms with E-state index in [2.05, 4.69) is 4.89 Å². The minimum absolute atomic E-state index is 0.175. The highest BCUT2D eigenvalue weighted by Gasteiger charge is 2.37. The molecule has 1 rings (SSSR count). The van der Waals surface area contributed by atoms with Gasteiger partial charge in [0.15, 0.2) is 0 Å². The summed E-state index contributed by atoms with van der Waals surface area (Å²) in [5, 5.41) is 18.8. The lowest BCUT2D eigenvalue weighted by Crippen LogP contribution is -2.41. The van der Waals surface area contributed by atoms with Gasteiger partial charge in [-0.1, -0.05) is 19.9 Å². The Balaban J connectivity index is 2.77. The van der Waals surface area contributed by atoms with Crippen molar-refractivity contribution in [2.45, 2.75) is 45.3 Å². The van der Waals surface area contributed by atoms with E-state index in [1.165, 1.54) is 0 Å². The molecule has 0 heterocycles. The molecule has 76 valence electrons. The molecule has 0 aliphatic heterocycles. The largest absolute Gasteiger partial charge is 0.389 e. The first-order valence-corrected chi connectivity index (χ1v) is 4.69. The molecule has 0 aromatic rings. The fraction of sp³-hybridized carbons (Fsp3) is 0.800. The first-order valence-electron chi connectivity index (χ1n) is 4.69. The molecular weight excluding hydrogens is 168 g/mol. The highest BCUT2D eigenvalue weighted by atomic mass is 17.1. The molecule has 0 saturated heterocycles. The molecule has 0 aromatic heterocycles. The van der Waals surface area contributed by atoms with Crippen LogP contribution in [0.4, 0.5) is 0 Å². The van der Waals surface area contributed by atoms with Crippen LogP contribution in [0.1, 0.15) is 33.6 Å². The van der Waals surface area contributed by atoms with Gasteiger partial charge in [-0.2, -0.15) is 0 Å². The predicted octanol–water partition coefficient (Wildman–Crippen LogP) is 1.97. The average Bonchev–Trinajstić information content (AvgIpc) is 2.09.